The molecule has 3 amide bonds. The molecule has 0 unspecified atom stereocenters. The van der Waals surface area contributed by atoms with E-state index < -0.39 is 6.04 Å². The van der Waals surface area contributed by atoms with Crippen molar-refractivity contribution in [2.24, 2.45) is 11.8 Å². The van der Waals surface area contributed by atoms with E-state index in [-0.39, 0.29) is 29.3 Å². The van der Waals surface area contributed by atoms with Gasteiger partial charge in [0.15, 0.2) is 0 Å². The van der Waals surface area contributed by atoms with Crippen molar-refractivity contribution in [3.63, 3.8) is 0 Å². The smallest absolute Gasteiger partial charge is 0.323 e. The topological polar surface area (TPSA) is 136 Å². The van der Waals surface area contributed by atoms with E-state index >= 15 is 0 Å². The van der Waals surface area contributed by atoms with Crippen LogP contribution in [0.1, 0.15) is 49.3 Å². The third-order valence-corrected chi connectivity index (χ3v) is 8.36. The predicted octanol–water partition coefficient (Wildman–Crippen LogP) is 4.75. The van der Waals surface area contributed by atoms with Gasteiger partial charge in [-0.3, -0.25) is 14.4 Å². The second-order valence-electron chi connectivity index (χ2n) is 11.8. The first-order valence-corrected chi connectivity index (χ1v) is 14.9. The highest BCUT2D eigenvalue weighted by atomic mass is 16.2. The van der Waals surface area contributed by atoms with Gasteiger partial charge in [0, 0.05) is 31.5 Å². The maximum atomic E-state index is 13.6. The molecule has 1 aromatic heterocycles. The van der Waals surface area contributed by atoms with Crippen molar-refractivity contribution in [1.82, 2.24) is 20.6 Å². The Balaban J connectivity index is 1.30. The Morgan fingerprint density at radius 1 is 0.884 bits per heavy atom. The van der Waals surface area contributed by atoms with Crippen molar-refractivity contribution < 1.29 is 14.4 Å². The van der Waals surface area contributed by atoms with Gasteiger partial charge < -0.3 is 25.9 Å². The largest absolute Gasteiger partial charge is 0.356 e. The molecule has 1 aliphatic carbocycles. The number of amides is 3. The molecule has 1 saturated carbocycles. The van der Waals surface area contributed by atoms with Gasteiger partial charge >= 0.3 is 5.69 Å². The molecule has 0 spiro atoms. The van der Waals surface area contributed by atoms with Crippen molar-refractivity contribution in [3.05, 3.63) is 87.8 Å². The van der Waals surface area contributed by atoms with Crippen molar-refractivity contribution >= 4 is 34.4 Å². The molecule has 0 aliphatic heterocycles. The van der Waals surface area contributed by atoms with Crippen LogP contribution in [-0.4, -0.2) is 40.3 Å². The first-order valence-electron chi connectivity index (χ1n) is 14.9. The lowest BCUT2D eigenvalue weighted by Gasteiger charge is -2.29. The van der Waals surface area contributed by atoms with Gasteiger partial charge in [-0.15, -0.1) is 0 Å². The Morgan fingerprint density at radius 3 is 2.30 bits per heavy atom. The molecule has 4 aromatic rings. The van der Waals surface area contributed by atoms with E-state index in [1.807, 2.05) is 12.1 Å². The highest BCUT2D eigenvalue weighted by molar-refractivity contribution is 5.98. The highest BCUT2D eigenvalue weighted by Crippen LogP contribution is 2.29. The van der Waals surface area contributed by atoms with Crippen LogP contribution in [0.25, 0.3) is 22.2 Å². The van der Waals surface area contributed by atoms with Gasteiger partial charge in [-0.2, -0.15) is 0 Å². The van der Waals surface area contributed by atoms with Crippen LogP contribution in [-0.2, 0) is 20.8 Å². The number of hydrogen-bond donors (Lipinski definition) is 5. The zero-order valence-corrected chi connectivity index (χ0v) is 24.9. The van der Waals surface area contributed by atoms with Gasteiger partial charge in [-0.25, -0.2) is 4.79 Å². The van der Waals surface area contributed by atoms with Crippen LogP contribution in [0.15, 0.2) is 65.5 Å². The number of aryl methyl sites for hydroxylation is 2. The molecule has 1 aliphatic rings. The van der Waals surface area contributed by atoms with E-state index in [4.69, 9.17) is 0 Å². The molecule has 0 radical (unpaired) electrons. The van der Waals surface area contributed by atoms with E-state index in [9.17, 15) is 19.2 Å². The van der Waals surface area contributed by atoms with E-state index in [1.54, 1.807) is 18.2 Å². The average molecular weight is 582 g/mol. The molecule has 0 bridgehead atoms. The number of H-pyrrole nitrogens is 2. The van der Waals surface area contributed by atoms with Gasteiger partial charge in [-0.05, 0) is 85.9 Å². The van der Waals surface area contributed by atoms with E-state index in [2.05, 4.69) is 70.1 Å². The minimum Gasteiger partial charge on any atom is -0.356 e. The maximum Gasteiger partial charge on any atom is 0.323 e. The third kappa shape index (κ3) is 7.60. The normalized spacial score (nSPS) is 17.3. The third-order valence-electron chi connectivity index (χ3n) is 8.36. The zero-order chi connectivity index (χ0) is 30.5. The van der Waals surface area contributed by atoms with Crippen LogP contribution in [0.3, 0.4) is 0 Å². The summed E-state index contributed by atoms with van der Waals surface area (Å²) in [4.78, 5) is 55.4. The van der Waals surface area contributed by atoms with Gasteiger partial charge in [0.2, 0.25) is 17.7 Å². The fourth-order valence-electron chi connectivity index (χ4n) is 5.95. The zero-order valence-electron chi connectivity index (χ0n) is 24.9. The van der Waals surface area contributed by atoms with Crippen LogP contribution >= 0.6 is 0 Å². The SMILES string of the molecule is CC(=O)NCC1CCC(C(=O)N[C@@H](Cc2ccc(-c3ccc(C)cc3C)cc2)C(=O)Nc2ccc3[nH]c(=O)[nH]c3c2)CC1. The minimum absolute atomic E-state index is 0.0437. The monoisotopic (exact) mass is 581 g/mol. The number of aromatic amines is 2. The fourth-order valence-corrected chi connectivity index (χ4v) is 5.95. The first kappa shape index (κ1) is 29.8. The number of fused-ring (bicyclic) bond motifs is 1. The lowest BCUT2D eigenvalue weighted by atomic mass is 9.81. The number of benzene rings is 3. The van der Waals surface area contributed by atoms with Crippen molar-refractivity contribution in [3.8, 4) is 11.1 Å². The summed E-state index contributed by atoms with van der Waals surface area (Å²) < 4.78 is 0. The standard InChI is InChI=1S/C34H39N5O4/c1-20-4-14-28(21(2)16-20)25-9-5-23(6-10-25)17-31(33(42)36-27-13-15-29-30(18-27)39-34(43)38-29)37-32(41)26-11-7-24(8-12-26)19-35-22(3)40/h4-6,9-10,13-16,18,24,26,31H,7-8,11-12,17,19H2,1-3H3,(H,35,40)(H,36,42)(H,37,41)(H2,38,39,43)/t24?,26?,31-/m0/s1. The lowest BCUT2D eigenvalue weighted by molar-refractivity contribution is -0.130. The Bertz CT molecular complexity index is 1680. The summed E-state index contributed by atoms with van der Waals surface area (Å²) in [5.74, 6) is -0.328. The number of imidazole rings is 1. The lowest BCUT2D eigenvalue weighted by Crippen LogP contribution is -2.48. The van der Waals surface area contributed by atoms with Gasteiger partial charge in [0.05, 0.1) is 11.0 Å². The van der Waals surface area contributed by atoms with Crippen LogP contribution in [0.4, 0.5) is 5.69 Å². The molecular weight excluding hydrogens is 542 g/mol. The summed E-state index contributed by atoms with van der Waals surface area (Å²) in [6.45, 7) is 6.31. The molecule has 5 N–H and O–H groups in total. The van der Waals surface area contributed by atoms with Crippen LogP contribution in [0.2, 0.25) is 0 Å². The summed E-state index contributed by atoms with van der Waals surface area (Å²) in [6, 6.07) is 18.8. The molecule has 224 valence electrons. The average Bonchev–Trinajstić information content (AvgIpc) is 3.35. The van der Waals surface area contributed by atoms with Gasteiger partial charge in [0.1, 0.15) is 6.04 Å². The van der Waals surface area contributed by atoms with Crippen molar-refractivity contribution in [1.29, 1.82) is 0 Å². The molecule has 1 fully saturated rings. The molecule has 9 nitrogen and oxygen atoms in total. The van der Waals surface area contributed by atoms with Gasteiger partial charge in [-0.1, -0.05) is 48.0 Å². The quantitative estimate of drug-likeness (QED) is 0.195. The Kier molecular flexibility index (Phi) is 9.09. The number of aromatic nitrogens is 2. The Morgan fingerprint density at radius 2 is 1.60 bits per heavy atom. The molecular formula is C34H39N5O4. The van der Waals surface area contributed by atoms with E-state index in [1.165, 1.54) is 18.1 Å². The molecule has 43 heavy (non-hydrogen) atoms. The maximum absolute atomic E-state index is 13.6. The number of nitrogens with one attached hydrogen (secondary N) is 5. The summed E-state index contributed by atoms with van der Waals surface area (Å²) in [5, 5.41) is 8.84. The van der Waals surface area contributed by atoms with Gasteiger partial charge in [0.25, 0.3) is 0 Å². The predicted molar refractivity (Wildman–Crippen MR) is 169 cm³/mol. The van der Waals surface area contributed by atoms with E-state index in [0.29, 0.717) is 48.4 Å². The molecule has 3 aromatic carbocycles. The summed E-state index contributed by atoms with van der Waals surface area (Å²) in [7, 11) is 0. The summed E-state index contributed by atoms with van der Waals surface area (Å²) in [5.41, 5.74) is 7.03. The van der Waals surface area contributed by atoms with Crippen LogP contribution in [0, 0.1) is 25.7 Å². The second-order valence-corrected chi connectivity index (χ2v) is 11.8. The fraction of sp³-hybridized carbons (Fsp3) is 0.353. The summed E-state index contributed by atoms with van der Waals surface area (Å²) >= 11 is 0. The number of anilines is 1. The minimum atomic E-state index is -0.794. The number of carbonyl (C=O) groups is 3. The molecule has 0 saturated heterocycles. The molecule has 1 atom stereocenters. The second kappa shape index (κ2) is 13.1. The Hall–Kier alpha value is -4.66. The molecule has 1 heterocycles. The van der Waals surface area contributed by atoms with E-state index in [0.717, 1.165) is 29.5 Å². The number of rotatable bonds is 9. The van der Waals surface area contributed by atoms with Crippen molar-refractivity contribution in [2.75, 3.05) is 11.9 Å². The van der Waals surface area contributed by atoms with Crippen molar-refractivity contribution in [2.45, 2.75) is 58.9 Å². The Labute approximate surface area is 250 Å². The first-order chi connectivity index (χ1) is 20.6. The van der Waals surface area contributed by atoms with Crippen LogP contribution < -0.4 is 21.6 Å². The summed E-state index contributed by atoms with van der Waals surface area (Å²) in [6.07, 6.45) is 3.46. The highest BCUT2D eigenvalue weighted by Gasteiger charge is 2.30. The molecule has 5 rings (SSSR count). The number of hydrogen-bond acceptors (Lipinski definition) is 4. The van der Waals surface area contributed by atoms with Crippen LogP contribution in [0.5, 0.6) is 0 Å². The number of carbonyl (C=O) groups excluding carboxylic acids is 3. The molecule has 9 heteroatoms.